The lowest BCUT2D eigenvalue weighted by Crippen LogP contribution is -2.34. The zero-order chi connectivity index (χ0) is 32.6. The first-order valence-corrected chi connectivity index (χ1v) is 16.8. The van der Waals surface area contributed by atoms with Crippen LogP contribution in [0.3, 0.4) is 0 Å². The molecule has 0 aliphatic rings. The van der Waals surface area contributed by atoms with E-state index in [0.29, 0.717) is 61.5 Å². The smallest absolute Gasteiger partial charge is 0.310 e. The Labute approximate surface area is 263 Å². The van der Waals surface area contributed by atoms with Gasteiger partial charge in [-0.25, -0.2) is 0 Å². The molecule has 0 aromatic heterocycles. The zero-order valence-corrected chi connectivity index (χ0v) is 28.4. The van der Waals surface area contributed by atoms with E-state index in [1.807, 2.05) is 12.1 Å². The maximum absolute atomic E-state index is 12.9. The number of rotatable bonds is 16. The number of thioether (sulfide) groups is 1. The van der Waals surface area contributed by atoms with Crippen molar-refractivity contribution in [1.29, 1.82) is 0 Å². The van der Waals surface area contributed by atoms with E-state index in [0.717, 1.165) is 46.2 Å². The van der Waals surface area contributed by atoms with Crippen molar-refractivity contribution >= 4 is 23.7 Å². The van der Waals surface area contributed by atoms with Crippen LogP contribution in [-0.2, 0) is 46.1 Å². The minimum atomic E-state index is -1.04. The molecule has 0 fully saturated rings. The Morgan fingerprint density at radius 1 is 0.721 bits per heavy atom. The number of phenolic OH excluding ortho intramolecular Hbond substituents is 2. The second-order valence-electron chi connectivity index (χ2n) is 14.0. The maximum atomic E-state index is 12.9. The Morgan fingerprint density at radius 3 is 1.47 bits per heavy atom. The molecule has 0 aliphatic carbocycles. The Hall–Kier alpha value is -2.67. The first-order chi connectivity index (χ1) is 19.9. The molecular formula is C36H54O6S. The monoisotopic (exact) mass is 614 g/mol. The van der Waals surface area contributed by atoms with E-state index in [4.69, 9.17) is 5.11 Å². The van der Waals surface area contributed by atoms with Crippen LogP contribution in [-0.4, -0.2) is 43.9 Å². The summed E-state index contributed by atoms with van der Waals surface area (Å²) in [5.41, 5.74) is 4.31. The summed E-state index contributed by atoms with van der Waals surface area (Å²) in [6.45, 7) is 16.6. The Morgan fingerprint density at radius 2 is 1.14 bits per heavy atom. The van der Waals surface area contributed by atoms with Gasteiger partial charge in [-0.15, -0.1) is 0 Å². The highest BCUT2D eigenvalue weighted by atomic mass is 32.2. The SMILES string of the molecule is CCc1cc(CCCC(CCCc2cc(CC)cc(C(C)(C)C)c2O)(CSCCC(=O)O)C(=O)O)c(O)c(C(C)(C)C)c1. The number of carboxylic acids is 2. The van der Waals surface area contributed by atoms with E-state index in [1.54, 1.807) is 0 Å². The van der Waals surface area contributed by atoms with Gasteiger partial charge in [0.05, 0.1) is 11.8 Å². The number of hydrogen-bond acceptors (Lipinski definition) is 5. The van der Waals surface area contributed by atoms with E-state index in [1.165, 1.54) is 11.8 Å². The molecule has 2 aromatic rings. The first-order valence-electron chi connectivity index (χ1n) is 15.7. The van der Waals surface area contributed by atoms with Crippen molar-refractivity contribution in [2.45, 2.75) is 124 Å². The zero-order valence-electron chi connectivity index (χ0n) is 27.6. The summed E-state index contributed by atoms with van der Waals surface area (Å²) >= 11 is 1.38. The Balaban J connectivity index is 2.32. The van der Waals surface area contributed by atoms with Gasteiger partial charge in [-0.05, 0) is 95.6 Å². The summed E-state index contributed by atoms with van der Waals surface area (Å²) in [6.07, 6.45) is 4.80. The maximum Gasteiger partial charge on any atom is 0.310 e. The van der Waals surface area contributed by atoms with Crippen LogP contribution >= 0.6 is 11.8 Å². The molecule has 0 radical (unpaired) electrons. The molecule has 0 bridgehead atoms. The molecule has 4 N–H and O–H groups in total. The van der Waals surface area contributed by atoms with Crippen molar-refractivity contribution in [3.05, 3.63) is 57.6 Å². The fourth-order valence-electron chi connectivity index (χ4n) is 5.66. The van der Waals surface area contributed by atoms with Crippen molar-refractivity contribution in [1.82, 2.24) is 0 Å². The average Bonchev–Trinajstić information content (AvgIpc) is 2.90. The van der Waals surface area contributed by atoms with E-state index in [9.17, 15) is 24.9 Å². The van der Waals surface area contributed by atoms with Gasteiger partial charge in [0, 0.05) is 11.5 Å². The molecular weight excluding hydrogens is 560 g/mol. The van der Waals surface area contributed by atoms with Crippen LogP contribution in [0.5, 0.6) is 11.5 Å². The third kappa shape index (κ3) is 10.2. The normalized spacial score (nSPS) is 12.5. The highest BCUT2D eigenvalue weighted by Crippen LogP contribution is 2.40. The number of phenols is 2. The molecule has 2 rings (SSSR count). The van der Waals surface area contributed by atoms with Crippen LogP contribution in [0.1, 0.15) is 121 Å². The second kappa shape index (κ2) is 15.4. The lowest BCUT2D eigenvalue weighted by molar-refractivity contribution is -0.148. The Bertz CT molecular complexity index is 1170. The van der Waals surface area contributed by atoms with E-state index in [-0.39, 0.29) is 17.3 Å². The number of carbonyl (C=O) groups is 2. The molecule has 7 heteroatoms. The van der Waals surface area contributed by atoms with Gasteiger partial charge in [0.25, 0.3) is 0 Å². The summed E-state index contributed by atoms with van der Waals surface area (Å²) in [5, 5.41) is 41.9. The molecule has 0 amide bonds. The van der Waals surface area contributed by atoms with Crippen molar-refractivity contribution in [3.63, 3.8) is 0 Å². The molecule has 0 spiro atoms. The van der Waals surface area contributed by atoms with Gasteiger partial charge in [0.2, 0.25) is 0 Å². The topological polar surface area (TPSA) is 115 Å². The molecule has 0 aliphatic heterocycles. The number of hydrogen-bond donors (Lipinski definition) is 4. The fourth-order valence-corrected chi connectivity index (χ4v) is 6.93. The summed E-state index contributed by atoms with van der Waals surface area (Å²) in [4.78, 5) is 24.0. The number of aryl methyl sites for hydroxylation is 4. The predicted molar refractivity (Wildman–Crippen MR) is 178 cm³/mol. The third-order valence-electron chi connectivity index (χ3n) is 8.42. The van der Waals surface area contributed by atoms with Crippen LogP contribution in [0.2, 0.25) is 0 Å². The third-order valence-corrected chi connectivity index (χ3v) is 9.67. The van der Waals surface area contributed by atoms with E-state index >= 15 is 0 Å². The van der Waals surface area contributed by atoms with Gasteiger partial charge in [-0.1, -0.05) is 79.7 Å². The second-order valence-corrected chi connectivity index (χ2v) is 15.1. The van der Waals surface area contributed by atoms with Crippen molar-refractivity contribution < 1.29 is 30.0 Å². The highest BCUT2D eigenvalue weighted by molar-refractivity contribution is 7.99. The van der Waals surface area contributed by atoms with Crippen molar-refractivity contribution in [3.8, 4) is 11.5 Å². The quantitative estimate of drug-likeness (QED) is 0.140. The van der Waals surface area contributed by atoms with E-state index < -0.39 is 17.4 Å². The van der Waals surface area contributed by atoms with Gasteiger partial charge >= 0.3 is 11.9 Å². The van der Waals surface area contributed by atoms with Crippen LogP contribution in [0.15, 0.2) is 24.3 Å². The fraction of sp³-hybridized carbons (Fsp3) is 0.611. The Kier molecular flexibility index (Phi) is 13.0. The molecule has 0 atom stereocenters. The number of aliphatic carboxylic acids is 2. The van der Waals surface area contributed by atoms with Crippen molar-refractivity contribution in [2.24, 2.45) is 5.41 Å². The lowest BCUT2D eigenvalue weighted by Gasteiger charge is -2.30. The van der Waals surface area contributed by atoms with Gasteiger partial charge < -0.3 is 20.4 Å². The molecule has 0 saturated carbocycles. The van der Waals surface area contributed by atoms with Gasteiger partial charge in [-0.3, -0.25) is 9.59 Å². The van der Waals surface area contributed by atoms with E-state index in [2.05, 4.69) is 67.5 Å². The molecule has 0 heterocycles. The summed E-state index contributed by atoms with van der Waals surface area (Å²) in [6, 6.07) is 8.19. The molecule has 0 saturated heterocycles. The number of benzene rings is 2. The minimum absolute atomic E-state index is 0.0130. The number of aromatic hydroxyl groups is 2. The average molecular weight is 615 g/mol. The van der Waals surface area contributed by atoms with Crippen LogP contribution in [0.4, 0.5) is 0 Å². The number of carboxylic acid groups (broad SMARTS) is 2. The molecule has 2 aromatic carbocycles. The van der Waals surface area contributed by atoms with Gasteiger partial charge in [0.1, 0.15) is 11.5 Å². The largest absolute Gasteiger partial charge is 0.507 e. The summed E-state index contributed by atoms with van der Waals surface area (Å²) < 4.78 is 0. The van der Waals surface area contributed by atoms with Crippen LogP contribution < -0.4 is 0 Å². The first kappa shape index (κ1) is 36.5. The van der Waals surface area contributed by atoms with Crippen LogP contribution in [0, 0.1) is 5.41 Å². The van der Waals surface area contributed by atoms with Crippen LogP contribution in [0.25, 0.3) is 0 Å². The molecule has 43 heavy (non-hydrogen) atoms. The predicted octanol–water partition coefficient (Wildman–Crippen LogP) is 8.44. The van der Waals surface area contributed by atoms with Crippen molar-refractivity contribution in [2.75, 3.05) is 11.5 Å². The minimum Gasteiger partial charge on any atom is -0.507 e. The lowest BCUT2D eigenvalue weighted by atomic mass is 9.78. The molecule has 0 unspecified atom stereocenters. The molecule has 240 valence electrons. The summed E-state index contributed by atoms with van der Waals surface area (Å²) in [7, 11) is 0. The standard InChI is InChI=1S/C36H54O6S/c1-9-24-19-26(31(39)28(21-24)34(3,4)5)13-11-16-36(33(41)42,23-43-18-15-30(37)38)17-12-14-27-20-25(10-2)22-29(32(27)40)35(6,7)8/h19-22,39-40H,9-18,23H2,1-8H3,(H,37,38)(H,41,42). The van der Waals surface area contributed by atoms with Gasteiger partial charge in [0.15, 0.2) is 0 Å². The highest BCUT2D eigenvalue weighted by Gasteiger charge is 2.38. The summed E-state index contributed by atoms with van der Waals surface area (Å²) in [5.74, 6) is -0.510. The molecule has 6 nitrogen and oxygen atoms in total. The van der Waals surface area contributed by atoms with Gasteiger partial charge in [-0.2, -0.15) is 11.8 Å².